The number of carboxylic acids is 1. The predicted octanol–water partition coefficient (Wildman–Crippen LogP) is 0.817. The van der Waals surface area contributed by atoms with Crippen LogP contribution in [0.4, 0.5) is 4.79 Å². The van der Waals surface area contributed by atoms with Gasteiger partial charge in [0.05, 0.1) is 6.42 Å². The first kappa shape index (κ1) is 15.3. The Morgan fingerprint density at radius 2 is 2.05 bits per heavy atom. The van der Waals surface area contributed by atoms with Gasteiger partial charge in [0, 0.05) is 19.1 Å². The van der Waals surface area contributed by atoms with Crippen LogP contribution >= 0.6 is 0 Å². The first-order valence-electron chi connectivity index (χ1n) is 7.06. The topological polar surface area (TPSA) is 81.7 Å². The number of hydrogen-bond acceptors (Lipinski definition) is 3. The number of carbonyl (C=O) groups is 2. The largest absolute Gasteiger partial charge is 0.481 e. The third-order valence-electron chi connectivity index (χ3n) is 3.63. The molecule has 0 saturated carbocycles. The van der Waals surface area contributed by atoms with Crippen molar-refractivity contribution in [2.75, 3.05) is 20.1 Å². The van der Waals surface area contributed by atoms with E-state index in [1.807, 2.05) is 19.2 Å². The monoisotopic (exact) mass is 291 g/mol. The van der Waals surface area contributed by atoms with Crippen LogP contribution in [0.1, 0.15) is 17.5 Å². The van der Waals surface area contributed by atoms with Crippen molar-refractivity contribution in [3.05, 3.63) is 35.4 Å². The minimum Gasteiger partial charge on any atom is -0.481 e. The maximum atomic E-state index is 11.9. The number of urea groups is 1. The minimum atomic E-state index is -0.874. The lowest BCUT2D eigenvalue weighted by Gasteiger charge is -2.14. The van der Waals surface area contributed by atoms with Crippen LogP contribution in [0, 0.1) is 0 Å². The molecule has 1 fully saturated rings. The van der Waals surface area contributed by atoms with Crippen molar-refractivity contribution in [2.45, 2.75) is 25.4 Å². The molecule has 21 heavy (non-hydrogen) atoms. The van der Waals surface area contributed by atoms with E-state index in [9.17, 15) is 9.59 Å². The molecule has 6 nitrogen and oxygen atoms in total. The Kier molecular flexibility index (Phi) is 5.16. The van der Waals surface area contributed by atoms with Crippen LogP contribution in [0.5, 0.6) is 0 Å². The van der Waals surface area contributed by atoms with Gasteiger partial charge in [0.25, 0.3) is 0 Å². The van der Waals surface area contributed by atoms with E-state index in [1.165, 1.54) is 0 Å². The van der Waals surface area contributed by atoms with Crippen molar-refractivity contribution in [2.24, 2.45) is 0 Å². The third-order valence-corrected chi connectivity index (χ3v) is 3.63. The minimum absolute atomic E-state index is 0.0348. The number of carbonyl (C=O) groups excluding carboxylic acids is 1. The fourth-order valence-electron chi connectivity index (χ4n) is 2.53. The predicted molar refractivity (Wildman–Crippen MR) is 79.1 cm³/mol. The Balaban J connectivity index is 1.85. The summed E-state index contributed by atoms with van der Waals surface area (Å²) in [5.74, 6) is -0.874. The molecule has 1 aromatic carbocycles. The molecule has 2 amide bonds. The van der Waals surface area contributed by atoms with Gasteiger partial charge >= 0.3 is 12.0 Å². The van der Waals surface area contributed by atoms with Crippen LogP contribution < -0.4 is 10.6 Å². The van der Waals surface area contributed by atoms with Crippen molar-refractivity contribution in [3.63, 3.8) is 0 Å². The SMILES string of the molecule is CN1CCC(NC(=O)NCc2ccccc2CC(=O)O)C1. The van der Waals surface area contributed by atoms with E-state index < -0.39 is 5.97 Å². The van der Waals surface area contributed by atoms with E-state index in [0.717, 1.165) is 30.6 Å². The van der Waals surface area contributed by atoms with Gasteiger partial charge in [0.2, 0.25) is 0 Å². The first-order valence-corrected chi connectivity index (χ1v) is 7.06. The number of nitrogens with zero attached hydrogens (tertiary/aromatic N) is 1. The highest BCUT2D eigenvalue weighted by atomic mass is 16.4. The average molecular weight is 291 g/mol. The lowest BCUT2D eigenvalue weighted by Crippen LogP contribution is -2.42. The molecule has 1 unspecified atom stereocenters. The van der Waals surface area contributed by atoms with Crippen LogP contribution in [-0.2, 0) is 17.8 Å². The van der Waals surface area contributed by atoms with E-state index >= 15 is 0 Å². The number of carboxylic acid groups (broad SMARTS) is 1. The van der Waals surface area contributed by atoms with E-state index in [4.69, 9.17) is 5.11 Å². The van der Waals surface area contributed by atoms with Gasteiger partial charge in [-0.15, -0.1) is 0 Å². The van der Waals surface area contributed by atoms with Gasteiger partial charge in [-0.25, -0.2) is 4.79 Å². The number of likely N-dealkylation sites (tertiary alicyclic amines) is 1. The number of rotatable bonds is 5. The van der Waals surface area contributed by atoms with E-state index in [2.05, 4.69) is 15.5 Å². The molecule has 1 aromatic rings. The molecule has 114 valence electrons. The Bertz CT molecular complexity index is 519. The highest BCUT2D eigenvalue weighted by Gasteiger charge is 2.20. The van der Waals surface area contributed by atoms with Gasteiger partial charge < -0.3 is 20.6 Å². The van der Waals surface area contributed by atoms with Gasteiger partial charge in [-0.05, 0) is 31.1 Å². The molecule has 1 saturated heterocycles. The average Bonchev–Trinajstić information content (AvgIpc) is 2.82. The maximum Gasteiger partial charge on any atom is 0.315 e. The van der Waals surface area contributed by atoms with Crippen LogP contribution in [0.15, 0.2) is 24.3 Å². The number of aliphatic carboxylic acids is 1. The lowest BCUT2D eigenvalue weighted by atomic mass is 10.0. The molecule has 2 rings (SSSR count). The number of nitrogens with one attached hydrogen (secondary N) is 2. The molecule has 1 atom stereocenters. The summed E-state index contributed by atoms with van der Waals surface area (Å²) >= 11 is 0. The van der Waals surface area contributed by atoms with Crippen LogP contribution in [0.25, 0.3) is 0 Å². The highest BCUT2D eigenvalue weighted by Crippen LogP contribution is 2.10. The van der Waals surface area contributed by atoms with Gasteiger partial charge in [0.15, 0.2) is 0 Å². The molecule has 0 aromatic heterocycles. The zero-order valence-corrected chi connectivity index (χ0v) is 12.1. The van der Waals surface area contributed by atoms with Gasteiger partial charge in [0.1, 0.15) is 0 Å². The summed E-state index contributed by atoms with van der Waals surface area (Å²) in [6, 6.07) is 7.23. The zero-order chi connectivity index (χ0) is 15.2. The molecule has 0 spiro atoms. The molecule has 1 heterocycles. The summed E-state index contributed by atoms with van der Waals surface area (Å²) < 4.78 is 0. The van der Waals surface area contributed by atoms with Crippen molar-refractivity contribution >= 4 is 12.0 Å². The third kappa shape index (κ3) is 4.75. The summed E-state index contributed by atoms with van der Waals surface area (Å²) in [7, 11) is 2.03. The highest BCUT2D eigenvalue weighted by molar-refractivity contribution is 5.74. The number of benzene rings is 1. The standard InChI is InChI=1S/C15H21N3O3/c1-18-7-6-13(10-18)17-15(21)16-9-12-5-3-2-4-11(12)8-14(19)20/h2-5,13H,6-10H2,1H3,(H,19,20)(H2,16,17,21). The quantitative estimate of drug-likeness (QED) is 0.750. The van der Waals surface area contributed by atoms with Crippen molar-refractivity contribution < 1.29 is 14.7 Å². The number of likely N-dealkylation sites (N-methyl/N-ethyl adjacent to an activating group) is 1. The molecule has 1 aliphatic rings. The van der Waals surface area contributed by atoms with Crippen LogP contribution in [0.3, 0.4) is 0 Å². The molecule has 0 bridgehead atoms. The fourth-order valence-corrected chi connectivity index (χ4v) is 2.53. The summed E-state index contributed by atoms with van der Waals surface area (Å²) in [6.07, 6.45) is 0.923. The molecule has 6 heteroatoms. The Morgan fingerprint density at radius 3 is 2.67 bits per heavy atom. The molecule has 3 N–H and O–H groups in total. The van der Waals surface area contributed by atoms with Crippen molar-refractivity contribution in [1.82, 2.24) is 15.5 Å². The summed E-state index contributed by atoms with van der Waals surface area (Å²) in [5, 5.41) is 14.6. The molecule has 1 aliphatic heterocycles. The number of hydrogen-bond donors (Lipinski definition) is 3. The fraction of sp³-hybridized carbons (Fsp3) is 0.467. The van der Waals surface area contributed by atoms with Gasteiger partial charge in [-0.2, -0.15) is 0 Å². The van der Waals surface area contributed by atoms with Crippen molar-refractivity contribution in [3.8, 4) is 0 Å². The van der Waals surface area contributed by atoms with Crippen LogP contribution in [-0.4, -0.2) is 48.2 Å². The van der Waals surface area contributed by atoms with E-state index in [0.29, 0.717) is 6.54 Å². The Morgan fingerprint density at radius 1 is 1.33 bits per heavy atom. The summed E-state index contributed by atoms with van der Waals surface area (Å²) in [5.41, 5.74) is 1.56. The molecule has 0 radical (unpaired) electrons. The first-order chi connectivity index (χ1) is 10.0. The van der Waals surface area contributed by atoms with E-state index in [-0.39, 0.29) is 18.5 Å². The maximum absolute atomic E-state index is 11.9. The second kappa shape index (κ2) is 7.08. The molecular weight excluding hydrogens is 270 g/mol. The molecule has 0 aliphatic carbocycles. The second-order valence-corrected chi connectivity index (χ2v) is 5.41. The van der Waals surface area contributed by atoms with E-state index in [1.54, 1.807) is 12.1 Å². The second-order valence-electron chi connectivity index (χ2n) is 5.41. The van der Waals surface area contributed by atoms with Gasteiger partial charge in [-0.3, -0.25) is 4.79 Å². The lowest BCUT2D eigenvalue weighted by molar-refractivity contribution is -0.136. The summed E-state index contributed by atoms with van der Waals surface area (Å²) in [4.78, 5) is 24.8. The van der Waals surface area contributed by atoms with Gasteiger partial charge in [-0.1, -0.05) is 24.3 Å². The normalized spacial score (nSPS) is 18.4. The van der Waals surface area contributed by atoms with Crippen LogP contribution in [0.2, 0.25) is 0 Å². The summed E-state index contributed by atoms with van der Waals surface area (Å²) in [6.45, 7) is 2.19. The van der Waals surface area contributed by atoms with Crippen molar-refractivity contribution in [1.29, 1.82) is 0 Å². The Hall–Kier alpha value is -2.08. The number of amides is 2. The molecular formula is C15H21N3O3. The zero-order valence-electron chi connectivity index (χ0n) is 12.1. The smallest absolute Gasteiger partial charge is 0.315 e. The Labute approximate surface area is 124 Å².